The molecule has 1 aromatic rings. The van der Waals surface area contributed by atoms with Crippen molar-refractivity contribution < 1.29 is 14.2 Å². The molecular weight excluding hydrogens is 469 g/mol. The lowest BCUT2D eigenvalue weighted by Crippen LogP contribution is -2.37. The van der Waals surface area contributed by atoms with E-state index in [9.17, 15) is 0 Å². The highest BCUT2D eigenvalue weighted by Crippen LogP contribution is 2.35. The number of nitrogens with one attached hydrogen (secondary N) is 2. The van der Waals surface area contributed by atoms with Crippen LogP contribution in [-0.2, 0) is 17.7 Å². The van der Waals surface area contributed by atoms with Gasteiger partial charge >= 0.3 is 0 Å². The molecule has 2 N–H and O–H groups in total. The third kappa shape index (κ3) is 6.99. The van der Waals surface area contributed by atoms with Gasteiger partial charge in [-0.15, -0.1) is 24.0 Å². The zero-order chi connectivity index (χ0) is 19.1. The Balaban J connectivity index is 0.00000280. The van der Waals surface area contributed by atoms with E-state index >= 15 is 0 Å². The van der Waals surface area contributed by atoms with Gasteiger partial charge in [-0.1, -0.05) is 0 Å². The standard InChI is InChI=1S/C21H33N3O3.HI/c1-4-26-19-11-17-10-15(2)27-20(17)12-18(19)13-24-21(22-3)23-8-5-9-25-14-16-6-7-16;/h11-12,15-16H,4-10,13-14H2,1-3H3,(H2,22,23,24);1H. The van der Waals surface area contributed by atoms with Crippen LogP contribution in [0.25, 0.3) is 0 Å². The summed E-state index contributed by atoms with van der Waals surface area (Å²) in [6.45, 7) is 7.96. The van der Waals surface area contributed by atoms with Crippen molar-refractivity contribution in [2.75, 3.05) is 33.4 Å². The highest BCUT2D eigenvalue weighted by molar-refractivity contribution is 14.0. The Morgan fingerprint density at radius 1 is 1.29 bits per heavy atom. The number of guanidine groups is 1. The first-order valence-electron chi connectivity index (χ1n) is 10.2. The van der Waals surface area contributed by atoms with Crippen LogP contribution in [0.1, 0.15) is 44.2 Å². The van der Waals surface area contributed by atoms with Gasteiger partial charge in [-0.2, -0.15) is 0 Å². The monoisotopic (exact) mass is 503 g/mol. The predicted octanol–water partition coefficient (Wildman–Crippen LogP) is 3.51. The van der Waals surface area contributed by atoms with E-state index < -0.39 is 0 Å². The van der Waals surface area contributed by atoms with Gasteiger partial charge in [0.15, 0.2) is 5.96 Å². The van der Waals surface area contributed by atoms with E-state index in [1.165, 1.54) is 18.4 Å². The minimum Gasteiger partial charge on any atom is -0.494 e. The van der Waals surface area contributed by atoms with E-state index in [1.807, 2.05) is 6.92 Å². The molecule has 3 rings (SSSR count). The molecule has 1 atom stereocenters. The van der Waals surface area contributed by atoms with Crippen LogP contribution >= 0.6 is 24.0 Å². The van der Waals surface area contributed by atoms with Gasteiger partial charge in [-0.25, -0.2) is 0 Å². The van der Waals surface area contributed by atoms with Crippen LogP contribution in [0.3, 0.4) is 0 Å². The Kier molecular flexibility index (Phi) is 9.64. The summed E-state index contributed by atoms with van der Waals surface area (Å²) in [5, 5.41) is 6.71. The Morgan fingerprint density at radius 3 is 2.82 bits per heavy atom. The van der Waals surface area contributed by atoms with Crippen LogP contribution in [0, 0.1) is 5.92 Å². The molecule has 1 unspecified atom stereocenters. The highest BCUT2D eigenvalue weighted by atomic mass is 127. The molecule has 0 spiro atoms. The van der Waals surface area contributed by atoms with E-state index in [-0.39, 0.29) is 30.1 Å². The average Bonchev–Trinajstić information content (AvgIpc) is 3.41. The Labute approximate surface area is 185 Å². The molecule has 1 aliphatic heterocycles. The average molecular weight is 503 g/mol. The topological polar surface area (TPSA) is 64.1 Å². The van der Waals surface area contributed by atoms with Crippen LogP contribution in [0.5, 0.6) is 11.5 Å². The van der Waals surface area contributed by atoms with E-state index in [2.05, 4.69) is 34.7 Å². The van der Waals surface area contributed by atoms with Crippen molar-refractivity contribution in [1.29, 1.82) is 0 Å². The molecule has 1 saturated carbocycles. The first-order chi connectivity index (χ1) is 13.2. The molecular formula is C21H34IN3O3. The predicted molar refractivity (Wildman–Crippen MR) is 123 cm³/mol. The third-order valence-corrected chi connectivity index (χ3v) is 4.86. The van der Waals surface area contributed by atoms with Gasteiger partial charge in [0.05, 0.1) is 6.61 Å². The molecule has 1 heterocycles. The van der Waals surface area contributed by atoms with Gasteiger partial charge in [0, 0.05) is 50.9 Å². The molecule has 7 heteroatoms. The maximum Gasteiger partial charge on any atom is 0.191 e. The number of hydrogen-bond donors (Lipinski definition) is 2. The summed E-state index contributed by atoms with van der Waals surface area (Å²) < 4.78 is 17.4. The van der Waals surface area contributed by atoms with Gasteiger partial charge in [0.1, 0.15) is 17.6 Å². The first-order valence-corrected chi connectivity index (χ1v) is 10.2. The lowest BCUT2D eigenvalue weighted by molar-refractivity contribution is 0.123. The van der Waals surface area contributed by atoms with Crippen molar-refractivity contribution in [1.82, 2.24) is 10.6 Å². The Morgan fingerprint density at radius 2 is 2.11 bits per heavy atom. The molecule has 0 saturated heterocycles. The fourth-order valence-corrected chi connectivity index (χ4v) is 3.22. The van der Waals surface area contributed by atoms with Gasteiger partial charge in [0.25, 0.3) is 0 Å². The summed E-state index contributed by atoms with van der Waals surface area (Å²) in [6.07, 6.45) is 4.82. The second-order valence-corrected chi connectivity index (χ2v) is 7.36. The second kappa shape index (κ2) is 11.7. The van der Waals surface area contributed by atoms with Crippen LogP contribution in [0.4, 0.5) is 0 Å². The van der Waals surface area contributed by atoms with Gasteiger partial charge in [-0.05, 0) is 51.2 Å². The Hall–Kier alpha value is -1.22. The zero-order valence-corrected chi connectivity index (χ0v) is 19.6. The first kappa shape index (κ1) is 23.1. The molecule has 0 amide bonds. The van der Waals surface area contributed by atoms with E-state index in [4.69, 9.17) is 14.2 Å². The molecule has 2 aliphatic rings. The molecule has 1 aliphatic carbocycles. The van der Waals surface area contributed by atoms with Crippen molar-refractivity contribution >= 4 is 29.9 Å². The highest BCUT2D eigenvalue weighted by Gasteiger charge is 2.22. The summed E-state index contributed by atoms with van der Waals surface area (Å²) >= 11 is 0. The largest absolute Gasteiger partial charge is 0.494 e. The zero-order valence-electron chi connectivity index (χ0n) is 17.3. The molecule has 0 bridgehead atoms. The normalized spacial score (nSPS) is 18.1. The third-order valence-electron chi connectivity index (χ3n) is 4.86. The fourth-order valence-electron chi connectivity index (χ4n) is 3.22. The van der Waals surface area contributed by atoms with Crippen molar-refractivity contribution in [3.8, 4) is 11.5 Å². The molecule has 0 aromatic heterocycles. The Bertz CT molecular complexity index is 650. The van der Waals surface area contributed by atoms with Crippen LogP contribution in [0.2, 0.25) is 0 Å². The van der Waals surface area contributed by atoms with Gasteiger partial charge in [-0.3, -0.25) is 4.99 Å². The van der Waals surface area contributed by atoms with E-state index in [0.29, 0.717) is 13.2 Å². The number of halogens is 1. The number of nitrogens with zero attached hydrogens (tertiary/aromatic N) is 1. The van der Waals surface area contributed by atoms with Crippen molar-refractivity contribution in [2.45, 2.75) is 52.2 Å². The molecule has 0 radical (unpaired) electrons. The number of rotatable bonds is 10. The molecule has 1 aromatic carbocycles. The summed E-state index contributed by atoms with van der Waals surface area (Å²) in [7, 11) is 1.79. The molecule has 6 nitrogen and oxygen atoms in total. The minimum absolute atomic E-state index is 0. The van der Waals surface area contributed by atoms with Crippen LogP contribution in [-0.4, -0.2) is 45.5 Å². The second-order valence-electron chi connectivity index (χ2n) is 7.36. The van der Waals surface area contributed by atoms with E-state index in [1.54, 1.807) is 7.05 Å². The fraction of sp³-hybridized carbons (Fsp3) is 0.667. The summed E-state index contributed by atoms with van der Waals surface area (Å²) in [5.41, 5.74) is 2.31. The summed E-state index contributed by atoms with van der Waals surface area (Å²) in [5.74, 6) is 3.50. The maximum atomic E-state index is 5.89. The van der Waals surface area contributed by atoms with Crippen LogP contribution in [0.15, 0.2) is 17.1 Å². The molecule has 28 heavy (non-hydrogen) atoms. The van der Waals surface area contributed by atoms with Gasteiger partial charge < -0.3 is 24.8 Å². The molecule has 1 fully saturated rings. The van der Waals surface area contributed by atoms with Crippen molar-refractivity contribution in [2.24, 2.45) is 10.9 Å². The number of hydrogen-bond acceptors (Lipinski definition) is 4. The van der Waals surface area contributed by atoms with Crippen molar-refractivity contribution in [3.05, 3.63) is 23.3 Å². The van der Waals surface area contributed by atoms with Crippen molar-refractivity contribution in [3.63, 3.8) is 0 Å². The van der Waals surface area contributed by atoms with E-state index in [0.717, 1.165) is 61.5 Å². The SMILES string of the molecule is CCOc1cc2c(cc1CNC(=NC)NCCCOCC1CC1)OC(C)C2.I. The lowest BCUT2D eigenvalue weighted by Gasteiger charge is -2.15. The summed E-state index contributed by atoms with van der Waals surface area (Å²) in [4.78, 5) is 4.30. The smallest absolute Gasteiger partial charge is 0.191 e. The number of ether oxygens (including phenoxy) is 3. The number of fused-ring (bicyclic) bond motifs is 1. The maximum absolute atomic E-state index is 5.89. The number of aliphatic imine (C=N–C) groups is 1. The lowest BCUT2D eigenvalue weighted by atomic mass is 10.1. The molecule has 158 valence electrons. The minimum atomic E-state index is 0. The summed E-state index contributed by atoms with van der Waals surface area (Å²) in [6, 6.07) is 4.21. The van der Waals surface area contributed by atoms with Crippen LogP contribution < -0.4 is 20.1 Å². The number of benzene rings is 1. The van der Waals surface area contributed by atoms with Gasteiger partial charge in [0.2, 0.25) is 0 Å². The quantitative estimate of drug-likeness (QED) is 0.222.